The summed E-state index contributed by atoms with van der Waals surface area (Å²) in [5, 5.41) is 6.39. The summed E-state index contributed by atoms with van der Waals surface area (Å²) in [4.78, 5) is 34.8. The fraction of sp³-hybridized carbons (Fsp3) is 0.500. The lowest BCUT2D eigenvalue weighted by molar-refractivity contribution is -0.125. The molecule has 0 bridgehead atoms. The van der Waals surface area contributed by atoms with E-state index in [-0.39, 0.29) is 42.2 Å². The average Bonchev–Trinajstić information content (AvgIpc) is 3.62. The maximum atomic E-state index is 13.4. The van der Waals surface area contributed by atoms with Gasteiger partial charge in [-0.1, -0.05) is 6.07 Å². The van der Waals surface area contributed by atoms with E-state index in [4.69, 9.17) is 15.2 Å². The Balaban J connectivity index is 1.48. The molecule has 1 aliphatic carbocycles. The summed E-state index contributed by atoms with van der Waals surface area (Å²) in [6.45, 7) is 7.73. The highest BCUT2D eigenvalue weighted by atomic mass is 16.5. The summed E-state index contributed by atoms with van der Waals surface area (Å²) in [5.41, 5.74) is 6.19. The maximum Gasteiger partial charge on any atom is 0.223 e. The van der Waals surface area contributed by atoms with Crippen LogP contribution in [0, 0.1) is 11.8 Å². The van der Waals surface area contributed by atoms with E-state index in [1.807, 2.05) is 58.0 Å². The molecule has 198 valence electrons. The van der Waals surface area contributed by atoms with E-state index < -0.39 is 11.1 Å². The molecule has 4 rings (SSSR count). The van der Waals surface area contributed by atoms with Gasteiger partial charge in [0.1, 0.15) is 17.1 Å². The quantitative estimate of drug-likeness (QED) is 0.352. The first kappa shape index (κ1) is 26.4. The van der Waals surface area contributed by atoms with Crippen LogP contribution in [0.15, 0.2) is 47.7 Å². The SMILES string of the molecule is COc1ccc2c(c1)OC(C)(C)C[C@@H]2NC(=O)[C@@H]1C[C@H]1[C@H](NC(=O)CC(C)(C)N=CN)c1cccnc1. The Kier molecular flexibility index (Phi) is 7.43. The first-order valence-corrected chi connectivity index (χ1v) is 12.6. The van der Waals surface area contributed by atoms with Crippen LogP contribution in [0.5, 0.6) is 11.5 Å². The van der Waals surface area contributed by atoms with Crippen molar-refractivity contribution in [3.8, 4) is 11.5 Å². The molecule has 1 aliphatic heterocycles. The normalized spacial score (nSPS) is 22.9. The molecule has 2 amide bonds. The highest BCUT2D eigenvalue weighted by Crippen LogP contribution is 2.49. The lowest BCUT2D eigenvalue weighted by Crippen LogP contribution is -2.42. The molecule has 2 aliphatic rings. The van der Waals surface area contributed by atoms with Crippen molar-refractivity contribution in [2.75, 3.05) is 7.11 Å². The Bertz CT molecular complexity index is 1160. The molecule has 37 heavy (non-hydrogen) atoms. The van der Waals surface area contributed by atoms with E-state index >= 15 is 0 Å². The molecule has 1 aromatic carbocycles. The molecule has 4 atom stereocenters. The van der Waals surface area contributed by atoms with Crippen molar-refractivity contribution in [1.29, 1.82) is 0 Å². The van der Waals surface area contributed by atoms with Crippen molar-refractivity contribution in [3.05, 3.63) is 53.9 Å². The van der Waals surface area contributed by atoms with Crippen LogP contribution < -0.4 is 25.8 Å². The van der Waals surface area contributed by atoms with Gasteiger partial charge in [-0.3, -0.25) is 19.6 Å². The van der Waals surface area contributed by atoms with Gasteiger partial charge in [0, 0.05) is 36.4 Å². The fourth-order valence-corrected chi connectivity index (χ4v) is 5.11. The third-order valence-electron chi connectivity index (χ3n) is 6.98. The van der Waals surface area contributed by atoms with Crippen molar-refractivity contribution in [3.63, 3.8) is 0 Å². The number of nitrogens with one attached hydrogen (secondary N) is 2. The van der Waals surface area contributed by atoms with Gasteiger partial charge >= 0.3 is 0 Å². The number of fused-ring (bicyclic) bond motifs is 1. The van der Waals surface area contributed by atoms with Gasteiger partial charge in [0.25, 0.3) is 0 Å². The number of amides is 2. The first-order valence-electron chi connectivity index (χ1n) is 12.6. The number of carbonyl (C=O) groups excluding carboxylic acids is 2. The van der Waals surface area contributed by atoms with Crippen LogP contribution in [-0.4, -0.2) is 41.4 Å². The third-order valence-corrected chi connectivity index (χ3v) is 6.98. The van der Waals surface area contributed by atoms with Crippen LogP contribution in [-0.2, 0) is 9.59 Å². The lowest BCUT2D eigenvalue weighted by atomic mass is 9.89. The number of ether oxygens (including phenoxy) is 2. The van der Waals surface area contributed by atoms with Crippen molar-refractivity contribution in [1.82, 2.24) is 15.6 Å². The average molecular weight is 508 g/mol. The minimum Gasteiger partial charge on any atom is -0.497 e. The molecule has 2 aromatic rings. The second-order valence-corrected chi connectivity index (χ2v) is 11.1. The number of hydrogen-bond donors (Lipinski definition) is 3. The van der Waals surface area contributed by atoms with E-state index in [1.54, 1.807) is 19.5 Å². The summed E-state index contributed by atoms with van der Waals surface area (Å²) in [6.07, 6.45) is 6.16. The molecule has 9 heteroatoms. The first-order chi connectivity index (χ1) is 17.5. The summed E-state index contributed by atoms with van der Waals surface area (Å²) >= 11 is 0. The zero-order valence-corrected chi connectivity index (χ0v) is 22.2. The van der Waals surface area contributed by atoms with Crippen molar-refractivity contribution in [2.24, 2.45) is 22.6 Å². The van der Waals surface area contributed by atoms with Crippen LogP contribution in [0.2, 0.25) is 0 Å². The monoisotopic (exact) mass is 507 g/mol. The van der Waals surface area contributed by atoms with E-state index in [2.05, 4.69) is 20.6 Å². The molecule has 0 spiro atoms. The summed E-state index contributed by atoms with van der Waals surface area (Å²) < 4.78 is 11.5. The minimum absolute atomic E-state index is 0.0225. The Morgan fingerprint density at radius 1 is 1.35 bits per heavy atom. The molecule has 0 unspecified atom stereocenters. The van der Waals surface area contributed by atoms with Gasteiger partial charge in [-0.2, -0.15) is 0 Å². The van der Waals surface area contributed by atoms with Gasteiger partial charge in [0.2, 0.25) is 11.8 Å². The van der Waals surface area contributed by atoms with Crippen LogP contribution in [0.25, 0.3) is 0 Å². The predicted molar refractivity (Wildman–Crippen MR) is 141 cm³/mol. The predicted octanol–water partition coefficient (Wildman–Crippen LogP) is 3.46. The zero-order chi connectivity index (χ0) is 26.8. The highest BCUT2D eigenvalue weighted by molar-refractivity contribution is 5.83. The number of rotatable bonds is 9. The number of hydrogen-bond acceptors (Lipinski definition) is 6. The Hall–Kier alpha value is -3.62. The largest absolute Gasteiger partial charge is 0.497 e. The van der Waals surface area contributed by atoms with E-state index in [0.29, 0.717) is 18.6 Å². The molecular formula is C28H37N5O4. The highest BCUT2D eigenvalue weighted by Gasteiger charge is 2.50. The maximum absolute atomic E-state index is 13.4. The smallest absolute Gasteiger partial charge is 0.223 e. The Morgan fingerprint density at radius 3 is 2.81 bits per heavy atom. The Labute approximate surface area is 218 Å². The molecule has 4 N–H and O–H groups in total. The molecule has 9 nitrogen and oxygen atoms in total. The minimum atomic E-state index is -0.620. The van der Waals surface area contributed by atoms with E-state index in [9.17, 15) is 9.59 Å². The standard InChI is InChI=1S/C28H37N5O4/c1-27(2,31-16-29)14-24(34)33-25(17-7-6-10-30-15-17)20-12-21(20)26(35)32-22-13-28(3,4)37-23-11-18(36-5)8-9-19(22)23/h6-11,15-16,20-22,25H,12-14H2,1-5H3,(H2,29,31)(H,32,35)(H,33,34)/t20-,21-,22+,25-/m1/s1. The van der Waals surface area contributed by atoms with Crippen molar-refractivity contribution >= 4 is 18.2 Å². The molecule has 0 radical (unpaired) electrons. The summed E-state index contributed by atoms with van der Waals surface area (Å²) in [6, 6.07) is 8.95. The van der Waals surface area contributed by atoms with Crippen LogP contribution in [0.3, 0.4) is 0 Å². The molecular weight excluding hydrogens is 470 g/mol. The molecule has 2 heterocycles. The fourth-order valence-electron chi connectivity index (χ4n) is 5.11. The second kappa shape index (κ2) is 10.4. The Morgan fingerprint density at radius 2 is 2.14 bits per heavy atom. The topological polar surface area (TPSA) is 128 Å². The number of aromatic nitrogens is 1. The van der Waals surface area contributed by atoms with E-state index in [0.717, 1.165) is 16.9 Å². The number of carbonyl (C=O) groups is 2. The van der Waals surface area contributed by atoms with Gasteiger partial charge in [0.15, 0.2) is 0 Å². The van der Waals surface area contributed by atoms with Gasteiger partial charge in [-0.25, -0.2) is 0 Å². The summed E-state index contributed by atoms with van der Waals surface area (Å²) in [5.74, 6) is 1.01. The number of aliphatic imine (C=N–C) groups is 1. The molecule has 0 saturated heterocycles. The molecule has 1 fully saturated rings. The zero-order valence-electron chi connectivity index (χ0n) is 22.2. The number of benzene rings is 1. The van der Waals surface area contributed by atoms with Crippen LogP contribution >= 0.6 is 0 Å². The lowest BCUT2D eigenvalue weighted by Gasteiger charge is -2.38. The van der Waals surface area contributed by atoms with E-state index in [1.165, 1.54) is 6.34 Å². The van der Waals surface area contributed by atoms with Gasteiger partial charge < -0.3 is 25.8 Å². The second-order valence-electron chi connectivity index (χ2n) is 11.1. The third kappa shape index (κ3) is 6.39. The number of nitrogens with two attached hydrogens (primary N) is 1. The van der Waals surface area contributed by atoms with Crippen molar-refractivity contribution in [2.45, 2.75) is 70.2 Å². The number of methoxy groups -OCH3 is 1. The van der Waals surface area contributed by atoms with Crippen LogP contribution in [0.1, 0.15) is 70.2 Å². The van der Waals surface area contributed by atoms with Gasteiger partial charge in [0.05, 0.1) is 37.5 Å². The van der Waals surface area contributed by atoms with Gasteiger partial charge in [-0.05, 0) is 63.8 Å². The summed E-state index contributed by atoms with van der Waals surface area (Å²) in [7, 11) is 1.62. The van der Waals surface area contributed by atoms with Gasteiger partial charge in [-0.15, -0.1) is 0 Å². The van der Waals surface area contributed by atoms with Crippen LogP contribution in [0.4, 0.5) is 0 Å². The molecule has 1 saturated carbocycles. The number of nitrogens with zero attached hydrogens (tertiary/aromatic N) is 2. The number of pyridine rings is 1. The molecule has 1 aromatic heterocycles. The van der Waals surface area contributed by atoms with Crippen molar-refractivity contribution < 1.29 is 19.1 Å².